The van der Waals surface area contributed by atoms with Crippen LogP contribution in [0, 0.1) is 5.92 Å². The molecule has 100 valence electrons. The highest BCUT2D eigenvalue weighted by molar-refractivity contribution is 7.10. The number of benzene rings is 1. The maximum absolute atomic E-state index is 2.31. The molecule has 1 heterocycles. The highest BCUT2D eigenvalue weighted by Crippen LogP contribution is 2.38. The summed E-state index contributed by atoms with van der Waals surface area (Å²) in [7, 11) is 0. The molecule has 1 atom stereocenters. The minimum absolute atomic E-state index is 0.615. The largest absolute Gasteiger partial charge is 0.148 e. The van der Waals surface area contributed by atoms with Gasteiger partial charge in [-0.1, -0.05) is 68.5 Å². The molecule has 1 aliphatic carbocycles. The Morgan fingerprint density at radius 2 is 1.74 bits per heavy atom. The lowest BCUT2D eigenvalue weighted by molar-refractivity contribution is 0.328. The first-order valence-corrected chi connectivity index (χ1v) is 8.40. The average Bonchev–Trinajstić information content (AvgIpc) is 3.01. The van der Waals surface area contributed by atoms with Gasteiger partial charge in [-0.2, -0.15) is 0 Å². The second-order valence-corrected chi connectivity index (χ2v) is 6.70. The molecule has 0 aliphatic heterocycles. The van der Waals surface area contributed by atoms with Gasteiger partial charge in [0.25, 0.3) is 0 Å². The van der Waals surface area contributed by atoms with Crippen LogP contribution in [0.4, 0.5) is 0 Å². The summed E-state index contributed by atoms with van der Waals surface area (Å²) in [6.07, 6.45) is 8.55. The van der Waals surface area contributed by atoms with E-state index in [1.165, 1.54) is 49.0 Å². The molecule has 1 aliphatic rings. The Morgan fingerprint density at radius 1 is 0.947 bits per heavy atom. The van der Waals surface area contributed by atoms with Crippen molar-refractivity contribution in [1.29, 1.82) is 0 Å². The zero-order valence-electron chi connectivity index (χ0n) is 11.4. The van der Waals surface area contributed by atoms with Gasteiger partial charge >= 0.3 is 0 Å². The van der Waals surface area contributed by atoms with Crippen molar-refractivity contribution in [1.82, 2.24) is 0 Å². The maximum Gasteiger partial charge on any atom is 0.0186 e. The van der Waals surface area contributed by atoms with Gasteiger partial charge in [-0.3, -0.25) is 0 Å². The molecule has 19 heavy (non-hydrogen) atoms. The van der Waals surface area contributed by atoms with E-state index in [9.17, 15) is 0 Å². The van der Waals surface area contributed by atoms with E-state index in [4.69, 9.17) is 0 Å². The molecule has 1 aromatic heterocycles. The van der Waals surface area contributed by atoms with E-state index in [1.54, 1.807) is 0 Å². The van der Waals surface area contributed by atoms with Crippen LogP contribution in [-0.4, -0.2) is 0 Å². The minimum atomic E-state index is 0.615. The summed E-state index contributed by atoms with van der Waals surface area (Å²) >= 11 is 1.91. The normalized spacial score (nSPS) is 18.3. The molecule has 0 saturated heterocycles. The van der Waals surface area contributed by atoms with Gasteiger partial charge in [0.15, 0.2) is 0 Å². The summed E-state index contributed by atoms with van der Waals surface area (Å²) < 4.78 is 0. The summed E-state index contributed by atoms with van der Waals surface area (Å²) in [5.74, 6) is 1.55. The predicted molar refractivity (Wildman–Crippen MR) is 83.8 cm³/mol. The van der Waals surface area contributed by atoms with Crippen LogP contribution in [0.3, 0.4) is 0 Å². The Labute approximate surface area is 120 Å². The molecule has 0 amide bonds. The lowest BCUT2D eigenvalue weighted by Crippen LogP contribution is -2.11. The molecule has 1 saturated carbocycles. The van der Waals surface area contributed by atoms with E-state index >= 15 is 0 Å². The number of hydrogen-bond donors (Lipinski definition) is 0. The Balaban J connectivity index is 1.80. The molecule has 1 heteroatoms. The Hall–Kier alpha value is -1.08. The zero-order chi connectivity index (χ0) is 12.9. The van der Waals surface area contributed by atoms with Crippen molar-refractivity contribution in [3.63, 3.8) is 0 Å². The van der Waals surface area contributed by atoms with Gasteiger partial charge < -0.3 is 0 Å². The Kier molecular flexibility index (Phi) is 4.34. The van der Waals surface area contributed by atoms with Gasteiger partial charge in [0.1, 0.15) is 0 Å². The molecule has 0 radical (unpaired) electrons. The van der Waals surface area contributed by atoms with E-state index in [1.807, 2.05) is 11.3 Å². The molecule has 0 bridgehead atoms. The molecule has 2 aromatic rings. The fourth-order valence-corrected chi connectivity index (χ4v) is 4.22. The first kappa shape index (κ1) is 12.9. The zero-order valence-corrected chi connectivity index (χ0v) is 12.2. The van der Waals surface area contributed by atoms with Crippen LogP contribution in [0.25, 0.3) is 0 Å². The lowest BCUT2D eigenvalue weighted by atomic mass is 9.80. The van der Waals surface area contributed by atoms with Crippen LogP contribution >= 0.6 is 11.3 Å². The molecule has 3 rings (SSSR count). The molecular formula is C18H22S. The van der Waals surface area contributed by atoms with E-state index in [0.29, 0.717) is 5.92 Å². The van der Waals surface area contributed by atoms with Crippen molar-refractivity contribution in [3.8, 4) is 0 Å². The van der Waals surface area contributed by atoms with Crippen LogP contribution < -0.4 is 0 Å². The van der Waals surface area contributed by atoms with Gasteiger partial charge in [-0.05, 0) is 29.3 Å². The van der Waals surface area contributed by atoms with E-state index in [0.717, 1.165) is 5.92 Å². The Bertz CT molecular complexity index is 466. The summed E-state index contributed by atoms with van der Waals surface area (Å²) in [5.41, 5.74) is 1.50. The van der Waals surface area contributed by atoms with Crippen molar-refractivity contribution in [3.05, 3.63) is 58.3 Å². The van der Waals surface area contributed by atoms with Crippen molar-refractivity contribution in [2.75, 3.05) is 0 Å². The maximum atomic E-state index is 2.31. The topological polar surface area (TPSA) is 0 Å². The van der Waals surface area contributed by atoms with Crippen LogP contribution in [-0.2, 0) is 0 Å². The fraction of sp³-hybridized carbons (Fsp3) is 0.444. The second kappa shape index (κ2) is 6.38. The lowest BCUT2D eigenvalue weighted by Gasteiger charge is -2.26. The third-order valence-corrected chi connectivity index (χ3v) is 5.37. The minimum Gasteiger partial charge on any atom is -0.148 e. The first-order valence-electron chi connectivity index (χ1n) is 7.52. The highest BCUT2D eigenvalue weighted by atomic mass is 32.1. The monoisotopic (exact) mass is 270 g/mol. The van der Waals surface area contributed by atoms with Gasteiger partial charge in [-0.15, -0.1) is 11.3 Å². The second-order valence-electron chi connectivity index (χ2n) is 5.72. The van der Waals surface area contributed by atoms with Crippen molar-refractivity contribution >= 4 is 11.3 Å². The van der Waals surface area contributed by atoms with E-state index in [-0.39, 0.29) is 0 Å². The summed E-state index contributed by atoms with van der Waals surface area (Å²) in [6.45, 7) is 0. The van der Waals surface area contributed by atoms with Crippen LogP contribution in [0.2, 0.25) is 0 Å². The van der Waals surface area contributed by atoms with Crippen LogP contribution in [0.15, 0.2) is 47.8 Å². The summed E-state index contributed by atoms with van der Waals surface area (Å²) in [4.78, 5) is 1.54. The van der Waals surface area contributed by atoms with Crippen LogP contribution in [0.1, 0.15) is 54.9 Å². The van der Waals surface area contributed by atoms with Crippen LogP contribution in [0.5, 0.6) is 0 Å². The van der Waals surface area contributed by atoms with Gasteiger partial charge in [-0.25, -0.2) is 0 Å². The standard InChI is InChI=1S/C18H22S/c1-3-8-15(9-4-1)14-17(18-12-7-13-19-18)16-10-5-2-6-11-16/h2,5-7,10-13,15,17H,1,3-4,8-9,14H2. The van der Waals surface area contributed by atoms with Crippen molar-refractivity contribution in [2.45, 2.75) is 44.4 Å². The molecule has 0 nitrogen and oxygen atoms in total. The smallest absolute Gasteiger partial charge is 0.0186 e. The number of thiophene rings is 1. The molecule has 1 unspecified atom stereocenters. The quantitative estimate of drug-likeness (QED) is 0.653. The van der Waals surface area contributed by atoms with Crippen molar-refractivity contribution < 1.29 is 0 Å². The molecule has 1 fully saturated rings. The molecule has 0 spiro atoms. The molecular weight excluding hydrogens is 248 g/mol. The van der Waals surface area contributed by atoms with Gasteiger partial charge in [0, 0.05) is 10.8 Å². The fourth-order valence-electron chi connectivity index (χ4n) is 3.35. The third-order valence-electron chi connectivity index (χ3n) is 4.38. The van der Waals surface area contributed by atoms with Gasteiger partial charge in [0.2, 0.25) is 0 Å². The summed E-state index contributed by atoms with van der Waals surface area (Å²) in [5, 5.41) is 2.21. The van der Waals surface area contributed by atoms with E-state index < -0.39 is 0 Å². The first-order chi connectivity index (χ1) is 9.43. The number of hydrogen-bond acceptors (Lipinski definition) is 1. The third kappa shape index (κ3) is 3.27. The van der Waals surface area contributed by atoms with E-state index in [2.05, 4.69) is 47.8 Å². The van der Waals surface area contributed by atoms with Gasteiger partial charge in [0.05, 0.1) is 0 Å². The predicted octanol–water partition coefficient (Wildman–Crippen LogP) is 5.85. The Morgan fingerprint density at radius 3 is 2.42 bits per heavy atom. The average molecular weight is 270 g/mol. The SMILES string of the molecule is c1ccc(C(CC2CCCCC2)c2cccs2)cc1. The molecule has 0 N–H and O–H groups in total. The number of rotatable bonds is 4. The highest BCUT2D eigenvalue weighted by Gasteiger charge is 2.22. The van der Waals surface area contributed by atoms with Crippen molar-refractivity contribution in [2.24, 2.45) is 5.92 Å². The summed E-state index contributed by atoms with van der Waals surface area (Å²) in [6, 6.07) is 15.6. The molecule has 1 aromatic carbocycles.